The molecule has 0 fully saturated rings. The maximum atomic E-state index is 10.7. The molecule has 0 spiro atoms. The predicted octanol–water partition coefficient (Wildman–Crippen LogP) is 3.27. The highest BCUT2D eigenvalue weighted by atomic mass is 16.5. The van der Waals surface area contributed by atoms with Crippen LogP contribution in [0.4, 0.5) is 0 Å². The molecule has 0 aliphatic heterocycles. The molecule has 0 saturated carbocycles. The minimum Gasteiger partial charge on any atom is -0.493 e. The Kier molecular flexibility index (Phi) is 5.21. The molecule has 0 aliphatic carbocycles. The van der Waals surface area contributed by atoms with E-state index in [9.17, 15) is 4.79 Å². The zero-order chi connectivity index (χ0) is 15.1. The van der Waals surface area contributed by atoms with E-state index < -0.39 is 0 Å². The van der Waals surface area contributed by atoms with E-state index in [0.717, 1.165) is 17.6 Å². The third kappa shape index (κ3) is 4.24. The van der Waals surface area contributed by atoms with Crippen molar-refractivity contribution < 1.29 is 19.0 Å². The lowest BCUT2D eigenvalue weighted by Gasteiger charge is -2.12. The van der Waals surface area contributed by atoms with Gasteiger partial charge in [-0.2, -0.15) is 0 Å². The largest absolute Gasteiger partial charge is 0.493 e. The van der Waals surface area contributed by atoms with Gasteiger partial charge in [-0.05, 0) is 42.8 Å². The highest BCUT2D eigenvalue weighted by Gasteiger charge is 2.05. The van der Waals surface area contributed by atoms with Gasteiger partial charge in [-0.15, -0.1) is 0 Å². The van der Waals surface area contributed by atoms with E-state index in [1.54, 1.807) is 25.3 Å². The van der Waals surface area contributed by atoms with E-state index in [-0.39, 0.29) is 0 Å². The molecule has 0 saturated heterocycles. The molecule has 0 amide bonds. The molecule has 0 unspecified atom stereocenters. The number of hydrogen-bond donors (Lipinski definition) is 0. The molecule has 0 bridgehead atoms. The maximum absolute atomic E-state index is 10.7. The van der Waals surface area contributed by atoms with Gasteiger partial charge >= 0.3 is 0 Å². The topological polar surface area (TPSA) is 44.8 Å². The van der Waals surface area contributed by atoms with Gasteiger partial charge < -0.3 is 14.2 Å². The number of ether oxygens (including phenoxy) is 3. The molecule has 21 heavy (non-hydrogen) atoms. The van der Waals surface area contributed by atoms with Crippen molar-refractivity contribution in [2.24, 2.45) is 0 Å². The van der Waals surface area contributed by atoms with Crippen molar-refractivity contribution in [2.75, 3.05) is 20.3 Å². The lowest BCUT2D eigenvalue weighted by molar-refractivity contribution is 0.112. The summed E-state index contributed by atoms with van der Waals surface area (Å²) in [7, 11) is 1.54. The monoisotopic (exact) mass is 286 g/mol. The molecule has 0 heterocycles. The summed E-state index contributed by atoms with van der Waals surface area (Å²) in [6.45, 7) is 2.84. The van der Waals surface area contributed by atoms with Crippen molar-refractivity contribution in [3.8, 4) is 17.2 Å². The van der Waals surface area contributed by atoms with Gasteiger partial charge in [0, 0.05) is 5.56 Å². The predicted molar refractivity (Wildman–Crippen MR) is 80.6 cm³/mol. The van der Waals surface area contributed by atoms with Crippen LogP contribution in [0.25, 0.3) is 0 Å². The summed E-state index contributed by atoms with van der Waals surface area (Å²) < 4.78 is 16.4. The molecular formula is C17H18O4. The number of aryl methyl sites for hydroxylation is 1. The zero-order valence-electron chi connectivity index (χ0n) is 12.2. The van der Waals surface area contributed by atoms with Gasteiger partial charge in [0.1, 0.15) is 25.2 Å². The lowest BCUT2D eigenvalue weighted by Crippen LogP contribution is -2.09. The van der Waals surface area contributed by atoms with Gasteiger partial charge in [0.25, 0.3) is 0 Å². The Balaban J connectivity index is 1.87. The van der Waals surface area contributed by atoms with Crippen LogP contribution in [0.15, 0.2) is 42.5 Å². The Hall–Kier alpha value is -2.49. The second-order valence-electron chi connectivity index (χ2n) is 4.54. The smallest absolute Gasteiger partial charge is 0.161 e. The number of rotatable bonds is 7. The van der Waals surface area contributed by atoms with Crippen LogP contribution in [0.1, 0.15) is 15.9 Å². The van der Waals surface area contributed by atoms with E-state index in [0.29, 0.717) is 30.3 Å². The highest BCUT2D eigenvalue weighted by molar-refractivity contribution is 5.76. The van der Waals surface area contributed by atoms with Gasteiger partial charge in [0.15, 0.2) is 11.5 Å². The fourth-order valence-electron chi connectivity index (χ4n) is 1.89. The summed E-state index contributed by atoms with van der Waals surface area (Å²) in [5.74, 6) is 1.95. The molecule has 2 aromatic rings. The summed E-state index contributed by atoms with van der Waals surface area (Å²) in [5.41, 5.74) is 1.70. The molecular weight excluding hydrogens is 268 g/mol. The fraction of sp³-hybridized carbons (Fsp3) is 0.235. The summed E-state index contributed by atoms with van der Waals surface area (Å²) in [5, 5.41) is 0. The Morgan fingerprint density at radius 3 is 2.52 bits per heavy atom. The minimum absolute atomic E-state index is 0.394. The first kappa shape index (κ1) is 14.9. The van der Waals surface area contributed by atoms with Crippen molar-refractivity contribution in [3.05, 3.63) is 53.6 Å². The van der Waals surface area contributed by atoms with Crippen molar-refractivity contribution >= 4 is 6.29 Å². The highest BCUT2D eigenvalue weighted by Crippen LogP contribution is 2.27. The summed E-state index contributed by atoms with van der Waals surface area (Å²) in [4.78, 5) is 10.7. The molecule has 0 N–H and O–H groups in total. The van der Waals surface area contributed by atoms with E-state index in [4.69, 9.17) is 14.2 Å². The third-order valence-corrected chi connectivity index (χ3v) is 2.92. The van der Waals surface area contributed by atoms with Crippen molar-refractivity contribution in [1.82, 2.24) is 0 Å². The van der Waals surface area contributed by atoms with E-state index >= 15 is 0 Å². The molecule has 0 atom stereocenters. The van der Waals surface area contributed by atoms with Gasteiger partial charge in [0.05, 0.1) is 7.11 Å². The molecule has 0 aromatic heterocycles. The molecule has 2 rings (SSSR count). The number of carbonyl (C=O) groups excluding carboxylic acids is 1. The van der Waals surface area contributed by atoms with Crippen LogP contribution in [-0.4, -0.2) is 26.6 Å². The normalized spacial score (nSPS) is 10.0. The Labute approximate surface area is 124 Å². The van der Waals surface area contributed by atoms with Crippen LogP contribution >= 0.6 is 0 Å². The van der Waals surface area contributed by atoms with E-state index in [2.05, 4.69) is 0 Å². The molecule has 0 aliphatic rings. The standard InChI is InChI=1S/C17H18O4/c1-13-4-3-5-15(10-13)20-8-9-21-16-7-6-14(12-18)11-17(16)19-2/h3-7,10-12H,8-9H2,1-2H3. The van der Waals surface area contributed by atoms with Crippen LogP contribution in [0.5, 0.6) is 17.2 Å². The first-order chi connectivity index (χ1) is 10.2. The number of hydrogen-bond acceptors (Lipinski definition) is 4. The Morgan fingerprint density at radius 2 is 1.81 bits per heavy atom. The first-order valence-electron chi connectivity index (χ1n) is 6.68. The molecule has 2 aromatic carbocycles. The van der Waals surface area contributed by atoms with Gasteiger partial charge in [-0.25, -0.2) is 0 Å². The van der Waals surface area contributed by atoms with Crippen LogP contribution in [-0.2, 0) is 0 Å². The Morgan fingerprint density at radius 1 is 1.00 bits per heavy atom. The summed E-state index contributed by atoms with van der Waals surface area (Å²) >= 11 is 0. The Bertz CT molecular complexity index is 607. The molecule has 4 nitrogen and oxygen atoms in total. The van der Waals surface area contributed by atoms with Crippen molar-refractivity contribution in [2.45, 2.75) is 6.92 Å². The molecule has 0 radical (unpaired) electrons. The molecule has 4 heteroatoms. The van der Waals surface area contributed by atoms with E-state index in [1.807, 2.05) is 31.2 Å². The number of carbonyl (C=O) groups is 1. The minimum atomic E-state index is 0.394. The van der Waals surface area contributed by atoms with Crippen LogP contribution in [0, 0.1) is 6.92 Å². The fourth-order valence-corrected chi connectivity index (χ4v) is 1.89. The number of benzene rings is 2. The van der Waals surface area contributed by atoms with Crippen LogP contribution < -0.4 is 14.2 Å². The second-order valence-corrected chi connectivity index (χ2v) is 4.54. The van der Waals surface area contributed by atoms with Gasteiger partial charge in [0.2, 0.25) is 0 Å². The summed E-state index contributed by atoms with van der Waals surface area (Å²) in [6, 6.07) is 12.9. The summed E-state index contributed by atoms with van der Waals surface area (Å²) in [6.07, 6.45) is 0.771. The SMILES string of the molecule is COc1cc(C=O)ccc1OCCOc1cccc(C)c1. The number of methoxy groups -OCH3 is 1. The average molecular weight is 286 g/mol. The van der Waals surface area contributed by atoms with Crippen LogP contribution in [0.2, 0.25) is 0 Å². The van der Waals surface area contributed by atoms with Gasteiger partial charge in [-0.3, -0.25) is 4.79 Å². The lowest BCUT2D eigenvalue weighted by atomic mass is 10.2. The maximum Gasteiger partial charge on any atom is 0.161 e. The van der Waals surface area contributed by atoms with Crippen LogP contribution in [0.3, 0.4) is 0 Å². The quantitative estimate of drug-likeness (QED) is 0.579. The number of aldehydes is 1. The first-order valence-corrected chi connectivity index (χ1v) is 6.68. The second kappa shape index (κ2) is 7.33. The van der Waals surface area contributed by atoms with Gasteiger partial charge in [-0.1, -0.05) is 12.1 Å². The third-order valence-electron chi connectivity index (χ3n) is 2.92. The van der Waals surface area contributed by atoms with Crippen molar-refractivity contribution in [3.63, 3.8) is 0 Å². The zero-order valence-corrected chi connectivity index (χ0v) is 12.2. The van der Waals surface area contributed by atoms with Crippen molar-refractivity contribution in [1.29, 1.82) is 0 Å². The van der Waals surface area contributed by atoms with E-state index in [1.165, 1.54) is 0 Å². The average Bonchev–Trinajstić information content (AvgIpc) is 2.51. The molecule has 110 valence electrons.